The van der Waals surface area contributed by atoms with E-state index in [1.165, 1.54) is 0 Å². The van der Waals surface area contributed by atoms with Crippen molar-refractivity contribution in [2.24, 2.45) is 5.92 Å². The van der Waals surface area contributed by atoms with Crippen LogP contribution in [-0.4, -0.2) is 54.8 Å². The summed E-state index contributed by atoms with van der Waals surface area (Å²) >= 11 is 0. The molecule has 2 atom stereocenters. The lowest BCUT2D eigenvalue weighted by Crippen LogP contribution is -2.47. The molecule has 2 rings (SSSR count). The van der Waals surface area contributed by atoms with Crippen molar-refractivity contribution in [3.05, 3.63) is 29.8 Å². The van der Waals surface area contributed by atoms with Crippen molar-refractivity contribution in [3.63, 3.8) is 0 Å². The summed E-state index contributed by atoms with van der Waals surface area (Å²) in [5.41, 5.74) is 0.512. The minimum absolute atomic E-state index is 0.0381. The van der Waals surface area contributed by atoms with Crippen LogP contribution in [0, 0.1) is 5.92 Å². The molecule has 0 spiro atoms. The summed E-state index contributed by atoms with van der Waals surface area (Å²) in [5, 5.41) is 9.19. The van der Waals surface area contributed by atoms with Gasteiger partial charge in [-0.15, -0.1) is 0 Å². The zero-order chi connectivity index (χ0) is 16.8. The molecule has 1 N–H and O–H groups in total. The van der Waals surface area contributed by atoms with E-state index in [4.69, 9.17) is 9.47 Å². The van der Waals surface area contributed by atoms with Crippen LogP contribution in [0.2, 0.25) is 0 Å². The molecule has 1 aromatic rings. The van der Waals surface area contributed by atoms with Crippen LogP contribution in [0.3, 0.4) is 0 Å². The molecule has 0 bridgehead atoms. The maximum atomic E-state index is 12.7. The monoisotopic (exact) mass is 321 g/mol. The predicted octanol–water partition coefficient (Wildman–Crippen LogP) is 2.04. The van der Waals surface area contributed by atoms with Gasteiger partial charge in [0.2, 0.25) is 0 Å². The normalized spacial score (nSPS) is 21.0. The van der Waals surface area contributed by atoms with Crippen molar-refractivity contribution in [1.29, 1.82) is 0 Å². The highest BCUT2D eigenvalue weighted by molar-refractivity contribution is 5.95. The molecule has 2 unspecified atom stereocenters. The molecule has 126 valence electrons. The Morgan fingerprint density at radius 3 is 2.78 bits per heavy atom. The SMILES string of the molecule is COCCOc1cccc(C(=O)N2CC(C(=O)O)CCC2C)c1. The van der Waals surface area contributed by atoms with E-state index < -0.39 is 11.9 Å². The molecule has 0 saturated carbocycles. The van der Waals surface area contributed by atoms with Crippen molar-refractivity contribution in [2.75, 3.05) is 26.9 Å². The Balaban J connectivity index is 2.09. The number of benzene rings is 1. The minimum Gasteiger partial charge on any atom is -0.491 e. The molecule has 1 aliphatic heterocycles. The van der Waals surface area contributed by atoms with Gasteiger partial charge < -0.3 is 19.5 Å². The Hall–Kier alpha value is -2.08. The van der Waals surface area contributed by atoms with Crippen LogP contribution in [0.1, 0.15) is 30.1 Å². The van der Waals surface area contributed by atoms with Gasteiger partial charge in [0.15, 0.2) is 0 Å². The molecule has 1 saturated heterocycles. The average Bonchev–Trinajstić information content (AvgIpc) is 2.55. The standard InChI is InChI=1S/C17H23NO5/c1-12-6-7-14(17(20)21)11-18(12)16(19)13-4-3-5-15(10-13)23-9-8-22-2/h3-5,10,12,14H,6-9,11H2,1-2H3,(H,20,21). The van der Waals surface area contributed by atoms with Crippen molar-refractivity contribution in [1.82, 2.24) is 4.90 Å². The number of hydrogen-bond donors (Lipinski definition) is 1. The number of carboxylic acid groups (broad SMARTS) is 1. The van der Waals surface area contributed by atoms with Gasteiger partial charge in [0.05, 0.1) is 12.5 Å². The highest BCUT2D eigenvalue weighted by atomic mass is 16.5. The number of carbonyl (C=O) groups excluding carboxylic acids is 1. The predicted molar refractivity (Wildman–Crippen MR) is 84.7 cm³/mol. The zero-order valence-corrected chi connectivity index (χ0v) is 13.5. The van der Waals surface area contributed by atoms with Gasteiger partial charge in [-0.25, -0.2) is 0 Å². The number of carbonyl (C=O) groups is 2. The lowest BCUT2D eigenvalue weighted by Gasteiger charge is -2.36. The summed E-state index contributed by atoms with van der Waals surface area (Å²) in [6.07, 6.45) is 1.31. The summed E-state index contributed by atoms with van der Waals surface area (Å²) < 4.78 is 10.4. The number of aliphatic carboxylic acids is 1. The molecule has 6 heteroatoms. The Morgan fingerprint density at radius 1 is 1.30 bits per heavy atom. The topological polar surface area (TPSA) is 76.1 Å². The van der Waals surface area contributed by atoms with Gasteiger partial charge in [-0.1, -0.05) is 6.07 Å². The highest BCUT2D eigenvalue weighted by Crippen LogP contribution is 2.25. The number of rotatable bonds is 6. The molecular formula is C17H23NO5. The van der Waals surface area contributed by atoms with Gasteiger partial charge in [0, 0.05) is 25.3 Å². The smallest absolute Gasteiger partial charge is 0.308 e. The fraction of sp³-hybridized carbons (Fsp3) is 0.529. The largest absolute Gasteiger partial charge is 0.491 e. The van der Waals surface area contributed by atoms with E-state index in [-0.39, 0.29) is 18.5 Å². The Bertz CT molecular complexity index is 560. The third-order valence-corrected chi connectivity index (χ3v) is 4.13. The Morgan fingerprint density at radius 2 is 2.09 bits per heavy atom. The fourth-order valence-electron chi connectivity index (χ4n) is 2.72. The van der Waals surface area contributed by atoms with Crippen LogP contribution in [0.4, 0.5) is 0 Å². The third-order valence-electron chi connectivity index (χ3n) is 4.13. The zero-order valence-electron chi connectivity index (χ0n) is 13.5. The molecule has 0 radical (unpaired) electrons. The Labute approximate surface area is 136 Å². The molecule has 1 aliphatic rings. The van der Waals surface area contributed by atoms with Gasteiger partial charge in [0.25, 0.3) is 5.91 Å². The third kappa shape index (κ3) is 4.45. The van der Waals surface area contributed by atoms with Crippen LogP contribution in [0.5, 0.6) is 5.75 Å². The summed E-state index contributed by atoms with van der Waals surface area (Å²) in [7, 11) is 1.60. The fourth-order valence-corrected chi connectivity index (χ4v) is 2.72. The molecule has 1 heterocycles. The number of ether oxygens (including phenoxy) is 2. The molecular weight excluding hydrogens is 298 g/mol. The molecule has 1 fully saturated rings. The van der Waals surface area contributed by atoms with E-state index >= 15 is 0 Å². The quantitative estimate of drug-likeness (QED) is 0.811. The maximum Gasteiger partial charge on any atom is 0.308 e. The summed E-state index contributed by atoms with van der Waals surface area (Å²) in [4.78, 5) is 25.6. The van der Waals surface area contributed by atoms with E-state index in [0.29, 0.717) is 37.4 Å². The van der Waals surface area contributed by atoms with Crippen LogP contribution < -0.4 is 4.74 Å². The molecule has 6 nitrogen and oxygen atoms in total. The summed E-state index contributed by atoms with van der Waals surface area (Å²) in [6, 6.07) is 7.00. The van der Waals surface area contributed by atoms with E-state index in [0.717, 1.165) is 0 Å². The van der Waals surface area contributed by atoms with Gasteiger partial charge in [0.1, 0.15) is 12.4 Å². The lowest BCUT2D eigenvalue weighted by molar-refractivity contribution is -0.143. The molecule has 0 aliphatic carbocycles. The molecule has 1 aromatic carbocycles. The number of methoxy groups -OCH3 is 1. The van der Waals surface area contributed by atoms with E-state index in [2.05, 4.69) is 0 Å². The second kappa shape index (κ2) is 7.97. The molecule has 23 heavy (non-hydrogen) atoms. The number of hydrogen-bond acceptors (Lipinski definition) is 4. The van der Waals surface area contributed by atoms with E-state index in [9.17, 15) is 14.7 Å². The molecule has 1 amide bonds. The average molecular weight is 321 g/mol. The second-order valence-electron chi connectivity index (χ2n) is 5.79. The van der Waals surface area contributed by atoms with Crippen LogP contribution in [-0.2, 0) is 9.53 Å². The van der Waals surface area contributed by atoms with Gasteiger partial charge in [-0.2, -0.15) is 0 Å². The van der Waals surface area contributed by atoms with Crippen molar-refractivity contribution < 1.29 is 24.2 Å². The van der Waals surface area contributed by atoms with Gasteiger partial charge >= 0.3 is 5.97 Å². The van der Waals surface area contributed by atoms with E-state index in [1.54, 1.807) is 36.3 Å². The minimum atomic E-state index is -0.841. The van der Waals surface area contributed by atoms with Crippen LogP contribution in [0.25, 0.3) is 0 Å². The summed E-state index contributed by atoms with van der Waals surface area (Å²) in [6.45, 7) is 3.09. The number of carboxylic acids is 1. The number of likely N-dealkylation sites (tertiary alicyclic amines) is 1. The highest BCUT2D eigenvalue weighted by Gasteiger charge is 2.33. The van der Waals surface area contributed by atoms with Crippen molar-refractivity contribution >= 4 is 11.9 Å². The van der Waals surface area contributed by atoms with Gasteiger partial charge in [-0.3, -0.25) is 9.59 Å². The number of piperidine rings is 1. The first-order chi connectivity index (χ1) is 11.0. The first kappa shape index (κ1) is 17.3. The van der Waals surface area contributed by atoms with Gasteiger partial charge in [-0.05, 0) is 38.0 Å². The molecule has 0 aromatic heterocycles. The summed E-state index contributed by atoms with van der Waals surface area (Å²) in [5.74, 6) is -0.879. The van der Waals surface area contributed by atoms with Crippen molar-refractivity contribution in [3.8, 4) is 5.75 Å². The lowest BCUT2D eigenvalue weighted by atomic mass is 9.93. The first-order valence-corrected chi connectivity index (χ1v) is 7.78. The second-order valence-corrected chi connectivity index (χ2v) is 5.79. The van der Waals surface area contributed by atoms with Crippen LogP contribution in [0.15, 0.2) is 24.3 Å². The van der Waals surface area contributed by atoms with E-state index in [1.807, 2.05) is 6.92 Å². The number of amides is 1. The van der Waals surface area contributed by atoms with Crippen molar-refractivity contribution in [2.45, 2.75) is 25.8 Å². The number of nitrogens with zero attached hydrogens (tertiary/aromatic N) is 1. The maximum absolute atomic E-state index is 12.7. The first-order valence-electron chi connectivity index (χ1n) is 7.78. The van der Waals surface area contributed by atoms with Crippen LogP contribution >= 0.6 is 0 Å². The Kier molecular flexibility index (Phi) is 5.98.